The zero-order chi connectivity index (χ0) is 28.0. The normalized spacial score (nSPS) is 16.0. The molecule has 212 valence electrons. The highest BCUT2D eigenvalue weighted by Crippen LogP contribution is 2.13. The molecular formula is C26H45N3O6S2. The van der Waals surface area contributed by atoms with Gasteiger partial charge in [0.25, 0.3) is 0 Å². The van der Waals surface area contributed by atoms with E-state index in [1.165, 1.54) is 0 Å². The van der Waals surface area contributed by atoms with Crippen molar-refractivity contribution < 1.29 is 27.5 Å². The van der Waals surface area contributed by atoms with Gasteiger partial charge in [0.2, 0.25) is 5.91 Å². The maximum Gasteiger partial charge on any atom is 0.328 e. The van der Waals surface area contributed by atoms with Crippen molar-refractivity contribution in [2.24, 2.45) is 11.7 Å². The number of rotatable bonds is 18. The average molecular weight is 560 g/mol. The standard InChI is InChI=1S/C26H45N3O6S2/c1-6-19(4)23(28-15-21(27)17-36)16-34-24(14-20-10-8-7-9-11-20)25(30)29-22(12-13-37(5,32)33)26(31)35-18(2)3/h7-11,18-19,21-24,28,36H,6,12-17,27H2,1-5H3,(H,29,30)/t19?,21-,22+,23-,24+/m1/s1. The molecule has 4 N–H and O–H groups in total. The summed E-state index contributed by atoms with van der Waals surface area (Å²) in [6.45, 7) is 8.38. The van der Waals surface area contributed by atoms with Crippen LogP contribution in [0.2, 0.25) is 0 Å². The largest absolute Gasteiger partial charge is 0.461 e. The average Bonchev–Trinajstić information content (AvgIpc) is 2.84. The van der Waals surface area contributed by atoms with Crippen molar-refractivity contribution in [1.82, 2.24) is 10.6 Å². The fourth-order valence-corrected chi connectivity index (χ4v) is 4.30. The number of hydrogen-bond donors (Lipinski definition) is 4. The monoisotopic (exact) mass is 559 g/mol. The molecule has 1 amide bonds. The summed E-state index contributed by atoms with van der Waals surface area (Å²) in [6.07, 6.45) is 0.875. The minimum Gasteiger partial charge on any atom is -0.461 e. The number of nitrogens with two attached hydrogens (primary N) is 1. The first-order valence-electron chi connectivity index (χ1n) is 12.8. The summed E-state index contributed by atoms with van der Waals surface area (Å²) in [6, 6.07) is 8.17. The molecule has 0 aliphatic heterocycles. The highest BCUT2D eigenvalue weighted by Gasteiger charge is 2.30. The third-order valence-electron chi connectivity index (χ3n) is 5.97. The Labute approximate surface area is 228 Å². The van der Waals surface area contributed by atoms with Crippen LogP contribution in [0.15, 0.2) is 30.3 Å². The molecule has 11 heteroatoms. The molecule has 0 aliphatic rings. The Balaban J connectivity index is 3.08. The predicted molar refractivity (Wildman–Crippen MR) is 150 cm³/mol. The Hall–Kier alpha value is -1.66. The first-order valence-corrected chi connectivity index (χ1v) is 15.5. The SMILES string of the molecule is CCC(C)[C@@H](CO[C@@H](Cc1ccccc1)C(=O)N[C@@H](CCS(C)(=O)=O)C(=O)OC(C)C)NC[C@@H](N)CS. The molecule has 5 atom stereocenters. The van der Waals surface area contributed by atoms with Gasteiger partial charge in [0, 0.05) is 37.1 Å². The number of thiol groups is 1. The van der Waals surface area contributed by atoms with Gasteiger partial charge in [-0.2, -0.15) is 12.6 Å². The summed E-state index contributed by atoms with van der Waals surface area (Å²) >= 11 is 4.24. The maximum absolute atomic E-state index is 13.4. The summed E-state index contributed by atoms with van der Waals surface area (Å²) in [5.74, 6) is -0.637. The minimum absolute atomic E-state index is 0.0473. The number of sulfone groups is 1. The van der Waals surface area contributed by atoms with Crippen molar-refractivity contribution in [2.45, 2.75) is 77.3 Å². The second-order valence-electron chi connectivity index (χ2n) is 9.82. The van der Waals surface area contributed by atoms with Gasteiger partial charge in [-0.15, -0.1) is 0 Å². The van der Waals surface area contributed by atoms with Gasteiger partial charge in [-0.25, -0.2) is 13.2 Å². The van der Waals surface area contributed by atoms with E-state index in [1.807, 2.05) is 30.3 Å². The van der Waals surface area contributed by atoms with Gasteiger partial charge >= 0.3 is 5.97 Å². The Morgan fingerprint density at radius 3 is 2.32 bits per heavy atom. The van der Waals surface area contributed by atoms with Crippen molar-refractivity contribution in [3.63, 3.8) is 0 Å². The second kappa shape index (κ2) is 17.0. The molecule has 37 heavy (non-hydrogen) atoms. The summed E-state index contributed by atoms with van der Waals surface area (Å²) in [7, 11) is -3.35. The molecule has 0 bridgehead atoms. The molecule has 0 aromatic heterocycles. The third-order valence-corrected chi connectivity index (χ3v) is 7.42. The summed E-state index contributed by atoms with van der Waals surface area (Å²) < 4.78 is 34.9. The van der Waals surface area contributed by atoms with E-state index in [1.54, 1.807) is 13.8 Å². The maximum atomic E-state index is 13.4. The molecule has 1 aromatic carbocycles. The van der Waals surface area contributed by atoms with Crippen LogP contribution in [0, 0.1) is 5.92 Å². The van der Waals surface area contributed by atoms with Gasteiger partial charge in [0.15, 0.2) is 0 Å². The van der Waals surface area contributed by atoms with Gasteiger partial charge in [-0.05, 0) is 31.7 Å². The van der Waals surface area contributed by atoms with Crippen molar-refractivity contribution >= 4 is 34.3 Å². The molecule has 1 rings (SSSR count). The van der Waals surface area contributed by atoms with Crippen LogP contribution in [-0.2, 0) is 35.3 Å². The van der Waals surface area contributed by atoms with Gasteiger partial charge in [0.1, 0.15) is 22.0 Å². The fourth-order valence-electron chi connectivity index (χ4n) is 3.51. The van der Waals surface area contributed by atoms with Crippen LogP contribution in [0.1, 0.15) is 46.1 Å². The summed E-state index contributed by atoms with van der Waals surface area (Å²) in [4.78, 5) is 26.1. The van der Waals surface area contributed by atoms with E-state index >= 15 is 0 Å². The van der Waals surface area contributed by atoms with Crippen LogP contribution in [0.4, 0.5) is 0 Å². The number of nitrogens with one attached hydrogen (secondary N) is 2. The second-order valence-corrected chi connectivity index (χ2v) is 12.4. The molecule has 0 saturated carbocycles. The lowest BCUT2D eigenvalue weighted by Gasteiger charge is -2.28. The number of benzene rings is 1. The van der Waals surface area contributed by atoms with Crippen LogP contribution in [0.25, 0.3) is 0 Å². The van der Waals surface area contributed by atoms with Crippen LogP contribution in [0.5, 0.6) is 0 Å². The number of amides is 1. The lowest BCUT2D eigenvalue weighted by atomic mass is 9.99. The third kappa shape index (κ3) is 14.2. The Bertz CT molecular complexity index is 914. The molecule has 0 spiro atoms. The molecule has 1 aromatic rings. The van der Waals surface area contributed by atoms with Crippen LogP contribution >= 0.6 is 12.6 Å². The van der Waals surface area contributed by atoms with E-state index < -0.39 is 40.0 Å². The lowest BCUT2D eigenvalue weighted by molar-refractivity contribution is -0.153. The van der Waals surface area contributed by atoms with Crippen molar-refractivity contribution in [2.75, 3.05) is 30.9 Å². The van der Waals surface area contributed by atoms with Gasteiger partial charge < -0.3 is 25.8 Å². The quantitative estimate of drug-likeness (QED) is 0.158. The van der Waals surface area contributed by atoms with Crippen molar-refractivity contribution in [3.8, 4) is 0 Å². The molecule has 9 nitrogen and oxygen atoms in total. The van der Waals surface area contributed by atoms with E-state index in [0.29, 0.717) is 12.3 Å². The van der Waals surface area contributed by atoms with Gasteiger partial charge in [-0.3, -0.25) is 4.79 Å². The number of ether oxygens (including phenoxy) is 2. The zero-order valence-corrected chi connectivity index (χ0v) is 24.4. The Morgan fingerprint density at radius 2 is 1.78 bits per heavy atom. The summed E-state index contributed by atoms with van der Waals surface area (Å²) in [5, 5.41) is 6.11. The van der Waals surface area contributed by atoms with Crippen molar-refractivity contribution in [1.29, 1.82) is 0 Å². The molecule has 0 fully saturated rings. The number of esters is 1. The molecule has 0 heterocycles. The zero-order valence-electron chi connectivity index (χ0n) is 22.7. The molecule has 0 aliphatic carbocycles. The first kappa shape index (κ1) is 33.4. The van der Waals surface area contributed by atoms with Crippen LogP contribution in [-0.4, -0.2) is 81.5 Å². The van der Waals surface area contributed by atoms with Crippen LogP contribution in [0.3, 0.4) is 0 Å². The van der Waals surface area contributed by atoms with Crippen LogP contribution < -0.4 is 16.4 Å². The van der Waals surface area contributed by atoms with E-state index in [-0.39, 0.29) is 43.2 Å². The Kier molecular flexibility index (Phi) is 15.4. The van der Waals surface area contributed by atoms with Gasteiger partial charge in [0.05, 0.1) is 18.5 Å². The highest BCUT2D eigenvalue weighted by atomic mass is 32.2. The van der Waals surface area contributed by atoms with E-state index in [4.69, 9.17) is 15.2 Å². The summed E-state index contributed by atoms with van der Waals surface area (Å²) in [5.41, 5.74) is 6.91. The van der Waals surface area contributed by atoms with Gasteiger partial charge in [-0.1, -0.05) is 50.6 Å². The topological polar surface area (TPSA) is 137 Å². The first-order chi connectivity index (χ1) is 17.4. The van der Waals surface area contributed by atoms with Crippen molar-refractivity contribution in [3.05, 3.63) is 35.9 Å². The molecule has 0 saturated heterocycles. The minimum atomic E-state index is -3.35. The molecule has 0 radical (unpaired) electrons. The van der Waals surface area contributed by atoms with E-state index in [2.05, 4.69) is 37.1 Å². The van der Waals surface area contributed by atoms with E-state index in [0.717, 1.165) is 18.2 Å². The number of carbonyl (C=O) groups excluding carboxylic acids is 2. The predicted octanol–water partition coefficient (Wildman–Crippen LogP) is 1.75. The molecule has 1 unspecified atom stereocenters. The number of hydrogen-bond acceptors (Lipinski definition) is 9. The number of carbonyl (C=O) groups is 2. The van der Waals surface area contributed by atoms with E-state index in [9.17, 15) is 18.0 Å². The lowest BCUT2D eigenvalue weighted by Crippen LogP contribution is -2.50. The highest BCUT2D eigenvalue weighted by molar-refractivity contribution is 7.90. The fraction of sp³-hybridized carbons (Fsp3) is 0.692. The molecular weight excluding hydrogens is 514 g/mol. The smallest absolute Gasteiger partial charge is 0.328 e. The Morgan fingerprint density at radius 1 is 1.14 bits per heavy atom.